The largest absolute Gasteiger partial charge is 0.507 e. The molecule has 1 atom stereocenters. The summed E-state index contributed by atoms with van der Waals surface area (Å²) in [5, 5.41) is 10.4. The molecule has 1 heterocycles. The second-order valence-electron chi connectivity index (χ2n) is 5.73. The fourth-order valence-electron chi connectivity index (χ4n) is 2.87. The van der Waals surface area contributed by atoms with Crippen LogP contribution in [0.2, 0.25) is 0 Å². The van der Waals surface area contributed by atoms with Crippen molar-refractivity contribution in [3.05, 3.63) is 45.5 Å². The van der Waals surface area contributed by atoms with Crippen molar-refractivity contribution in [2.75, 3.05) is 28.4 Å². The summed E-state index contributed by atoms with van der Waals surface area (Å²) in [4.78, 5) is 24.4. The standard InChI is InChI=1S/C19H22O8/c1-10-6-13(20)18(19(22)27-10)12(8-17(21)26-5)11-7-15(24-3)16(25-4)9-14(11)23-2/h6-7,9,12,20H,8H2,1-5H3/t12-/m1/s1. The van der Waals surface area contributed by atoms with Crippen LogP contribution in [0.4, 0.5) is 0 Å². The molecule has 1 aromatic carbocycles. The number of carbonyl (C=O) groups excluding carboxylic acids is 1. The minimum absolute atomic E-state index is 0.0727. The van der Waals surface area contributed by atoms with Gasteiger partial charge in [-0.25, -0.2) is 4.79 Å². The molecular formula is C19H22O8. The molecule has 0 bridgehead atoms. The quantitative estimate of drug-likeness (QED) is 0.732. The van der Waals surface area contributed by atoms with Crippen LogP contribution in [0.1, 0.15) is 29.2 Å². The fraction of sp³-hybridized carbons (Fsp3) is 0.368. The van der Waals surface area contributed by atoms with E-state index in [0.29, 0.717) is 22.8 Å². The first kappa shape index (κ1) is 20.2. The molecule has 0 aliphatic rings. The molecule has 0 saturated carbocycles. The molecule has 1 N–H and O–H groups in total. The Morgan fingerprint density at radius 3 is 2.15 bits per heavy atom. The van der Waals surface area contributed by atoms with Crippen molar-refractivity contribution in [3.63, 3.8) is 0 Å². The van der Waals surface area contributed by atoms with Crippen LogP contribution in [0.25, 0.3) is 0 Å². The van der Waals surface area contributed by atoms with Gasteiger partial charge in [-0.05, 0) is 13.0 Å². The van der Waals surface area contributed by atoms with Gasteiger partial charge in [0, 0.05) is 23.6 Å². The van der Waals surface area contributed by atoms with Crippen LogP contribution >= 0.6 is 0 Å². The predicted molar refractivity (Wildman–Crippen MR) is 96.0 cm³/mol. The molecule has 0 saturated heterocycles. The van der Waals surface area contributed by atoms with E-state index in [1.165, 1.54) is 41.4 Å². The molecule has 146 valence electrons. The lowest BCUT2D eigenvalue weighted by atomic mass is 9.87. The lowest BCUT2D eigenvalue weighted by Crippen LogP contribution is -2.19. The molecule has 0 amide bonds. The normalized spacial score (nSPS) is 11.6. The maximum absolute atomic E-state index is 12.4. The Morgan fingerprint density at radius 2 is 1.63 bits per heavy atom. The fourth-order valence-corrected chi connectivity index (χ4v) is 2.87. The second kappa shape index (κ2) is 8.48. The van der Waals surface area contributed by atoms with Crippen LogP contribution in [-0.4, -0.2) is 39.5 Å². The number of benzene rings is 1. The van der Waals surface area contributed by atoms with Gasteiger partial charge in [-0.3, -0.25) is 4.79 Å². The Kier molecular flexibility index (Phi) is 6.33. The van der Waals surface area contributed by atoms with E-state index in [0.717, 1.165) is 0 Å². The molecule has 8 heteroatoms. The minimum atomic E-state index is -0.885. The van der Waals surface area contributed by atoms with E-state index < -0.39 is 17.5 Å². The summed E-state index contributed by atoms with van der Waals surface area (Å²) in [7, 11) is 5.62. The average molecular weight is 378 g/mol. The van der Waals surface area contributed by atoms with Gasteiger partial charge in [-0.2, -0.15) is 0 Å². The Bertz CT molecular complexity index is 884. The van der Waals surface area contributed by atoms with E-state index in [2.05, 4.69) is 0 Å². The Labute approximate surface area is 156 Å². The highest BCUT2D eigenvalue weighted by Crippen LogP contribution is 2.42. The molecule has 0 unspecified atom stereocenters. The second-order valence-corrected chi connectivity index (χ2v) is 5.73. The molecule has 8 nitrogen and oxygen atoms in total. The molecule has 2 aromatic rings. The zero-order chi connectivity index (χ0) is 20.1. The number of hydrogen-bond acceptors (Lipinski definition) is 8. The molecule has 2 rings (SSSR count). The average Bonchev–Trinajstić information content (AvgIpc) is 2.64. The lowest BCUT2D eigenvalue weighted by molar-refractivity contribution is -0.140. The van der Waals surface area contributed by atoms with E-state index in [1.54, 1.807) is 12.1 Å². The van der Waals surface area contributed by atoms with Gasteiger partial charge in [0.1, 0.15) is 17.3 Å². The topological polar surface area (TPSA) is 104 Å². The van der Waals surface area contributed by atoms with Crippen LogP contribution in [0, 0.1) is 6.92 Å². The Balaban J connectivity index is 2.76. The lowest BCUT2D eigenvalue weighted by Gasteiger charge is -2.21. The van der Waals surface area contributed by atoms with Crippen LogP contribution < -0.4 is 19.8 Å². The minimum Gasteiger partial charge on any atom is -0.507 e. The number of ether oxygens (including phenoxy) is 4. The molecule has 0 aliphatic carbocycles. The smallest absolute Gasteiger partial charge is 0.343 e. The van der Waals surface area contributed by atoms with Crippen molar-refractivity contribution >= 4 is 5.97 Å². The number of carbonyl (C=O) groups is 1. The number of methoxy groups -OCH3 is 4. The van der Waals surface area contributed by atoms with E-state index in [-0.39, 0.29) is 23.5 Å². The van der Waals surface area contributed by atoms with Crippen molar-refractivity contribution < 1.29 is 33.3 Å². The molecule has 0 radical (unpaired) electrons. The van der Waals surface area contributed by atoms with Gasteiger partial charge in [0.2, 0.25) is 0 Å². The van der Waals surface area contributed by atoms with Gasteiger partial charge in [0.15, 0.2) is 11.5 Å². The third kappa shape index (κ3) is 4.16. The maximum atomic E-state index is 12.4. The summed E-state index contributed by atoms with van der Waals surface area (Å²) >= 11 is 0. The van der Waals surface area contributed by atoms with Crippen LogP contribution in [0.5, 0.6) is 23.0 Å². The van der Waals surface area contributed by atoms with Gasteiger partial charge in [-0.1, -0.05) is 0 Å². The summed E-state index contributed by atoms with van der Waals surface area (Å²) in [5.41, 5.74) is -0.387. The highest BCUT2D eigenvalue weighted by Gasteiger charge is 2.30. The van der Waals surface area contributed by atoms with Crippen molar-refractivity contribution in [2.45, 2.75) is 19.3 Å². The van der Waals surface area contributed by atoms with Gasteiger partial charge in [0.05, 0.1) is 40.4 Å². The van der Waals surface area contributed by atoms with Crippen LogP contribution in [-0.2, 0) is 9.53 Å². The summed E-state index contributed by atoms with van der Waals surface area (Å²) in [6.45, 7) is 1.54. The van der Waals surface area contributed by atoms with Crippen LogP contribution in [0.15, 0.2) is 27.4 Å². The molecule has 27 heavy (non-hydrogen) atoms. The first-order valence-corrected chi connectivity index (χ1v) is 8.06. The number of aromatic hydroxyl groups is 1. The zero-order valence-corrected chi connectivity index (χ0v) is 15.8. The van der Waals surface area contributed by atoms with Gasteiger partial charge >= 0.3 is 11.6 Å². The highest BCUT2D eigenvalue weighted by molar-refractivity contribution is 5.72. The summed E-state index contributed by atoms with van der Waals surface area (Å²) < 4.78 is 25.8. The summed E-state index contributed by atoms with van der Waals surface area (Å²) in [6, 6.07) is 4.48. The summed E-state index contributed by atoms with van der Waals surface area (Å²) in [6.07, 6.45) is -0.219. The Morgan fingerprint density at radius 1 is 1.04 bits per heavy atom. The molecule has 1 aromatic heterocycles. The SMILES string of the molecule is COC(=O)C[C@H](c1cc(OC)c(OC)cc1OC)c1c(O)cc(C)oc1=O. The number of hydrogen-bond donors (Lipinski definition) is 1. The van der Waals surface area contributed by atoms with E-state index in [9.17, 15) is 14.7 Å². The molecular weight excluding hydrogens is 356 g/mol. The van der Waals surface area contributed by atoms with Gasteiger partial charge in [0.25, 0.3) is 0 Å². The highest BCUT2D eigenvalue weighted by atomic mass is 16.5. The first-order valence-electron chi connectivity index (χ1n) is 8.06. The number of rotatable bonds is 7. The molecule has 0 fully saturated rings. The van der Waals surface area contributed by atoms with Crippen molar-refractivity contribution in [1.29, 1.82) is 0 Å². The third-order valence-electron chi connectivity index (χ3n) is 4.15. The van der Waals surface area contributed by atoms with E-state index >= 15 is 0 Å². The predicted octanol–water partition coefficient (Wildman–Crippen LogP) is 2.37. The number of esters is 1. The maximum Gasteiger partial charge on any atom is 0.343 e. The molecule has 0 aliphatic heterocycles. The molecule has 0 spiro atoms. The van der Waals surface area contributed by atoms with E-state index in [1.807, 2.05) is 0 Å². The monoisotopic (exact) mass is 378 g/mol. The van der Waals surface area contributed by atoms with Crippen molar-refractivity contribution in [3.8, 4) is 23.0 Å². The van der Waals surface area contributed by atoms with Gasteiger partial charge in [-0.15, -0.1) is 0 Å². The van der Waals surface area contributed by atoms with Gasteiger partial charge < -0.3 is 28.5 Å². The number of aryl methyl sites for hydroxylation is 1. The van der Waals surface area contributed by atoms with Crippen molar-refractivity contribution in [1.82, 2.24) is 0 Å². The zero-order valence-electron chi connectivity index (χ0n) is 15.8. The first-order chi connectivity index (χ1) is 12.9. The third-order valence-corrected chi connectivity index (χ3v) is 4.15. The Hall–Kier alpha value is -3.16. The van der Waals surface area contributed by atoms with E-state index in [4.69, 9.17) is 23.4 Å². The van der Waals surface area contributed by atoms with Crippen LogP contribution in [0.3, 0.4) is 0 Å². The summed E-state index contributed by atoms with van der Waals surface area (Å²) in [5.74, 6) is -0.359. The van der Waals surface area contributed by atoms with Crippen molar-refractivity contribution in [2.24, 2.45) is 0 Å².